The van der Waals surface area contributed by atoms with Gasteiger partial charge in [0.25, 0.3) is 0 Å². The van der Waals surface area contributed by atoms with Gasteiger partial charge in [-0.15, -0.1) is 0 Å². The number of likely N-dealkylation sites (tertiary alicyclic amines) is 1. The molecule has 1 aliphatic carbocycles. The summed E-state index contributed by atoms with van der Waals surface area (Å²) in [6.07, 6.45) is 4.66. The molecule has 3 nitrogen and oxygen atoms in total. The molecular formula is C9H15NO2. The normalized spacial score (nSPS) is 22.8. The summed E-state index contributed by atoms with van der Waals surface area (Å²) in [6, 6.07) is 0. The van der Waals surface area contributed by atoms with E-state index in [0.29, 0.717) is 12.5 Å². The van der Waals surface area contributed by atoms with E-state index in [0.717, 1.165) is 25.9 Å². The minimum atomic E-state index is -0.0978. The molecule has 2 aliphatic rings. The fourth-order valence-electron chi connectivity index (χ4n) is 1.46. The molecule has 0 spiro atoms. The number of hydrogen-bond acceptors (Lipinski definition) is 2. The number of ether oxygens (including phenoxy) is 1. The Morgan fingerprint density at radius 1 is 1.33 bits per heavy atom. The summed E-state index contributed by atoms with van der Waals surface area (Å²) in [4.78, 5) is 13.1. The highest BCUT2D eigenvalue weighted by atomic mass is 16.6. The van der Waals surface area contributed by atoms with Crippen LogP contribution >= 0.6 is 0 Å². The van der Waals surface area contributed by atoms with E-state index in [9.17, 15) is 4.79 Å². The Morgan fingerprint density at radius 3 is 2.58 bits per heavy atom. The molecule has 0 bridgehead atoms. The first-order chi connectivity index (χ1) is 5.86. The summed E-state index contributed by atoms with van der Waals surface area (Å²) in [5.41, 5.74) is 0. The van der Waals surface area contributed by atoms with E-state index in [1.54, 1.807) is 0 Å². The second kappa shape index (κ2) is 3.33. The van der Waals surface area contributed by atoms with Crippen molar-refractivity contribution in [2.24, 2.45) is 5.92 Å². The van der Waals surface area contributed by atoms with Gasteiger partial charge in [-0.3, -0.25) is 0 Å². The van der Waals surface area contributed by atoms with Crippen molar-refractivity contribution in [3.05, 3.63) is 0 Å². The van der Waals surface area contributed by atoms with Gasteiger partial charge in [-0.05, 0) is 31.6 Å². The van der Waals surface area contributed by atoms with Crippen molar-refractivity contribution in [2.45, 2.75) is 25.7 Å². The van der Waals surface area contributed by atoms with Crippen LogP contribution in [0.3, 0.4) is 0 Å². The fourth-order valence-corrected chi connectivity index (χ4v) is 1.46. The number of carbonyl (C=O) groups excluding carboxylic acids is 1. The summed E-state index contributed by atoms with van der Waals surface area (Å²) in [6.45, 7) is 2.43. The minimum Gasteiger partial charge on any atom is -0.449 e. The van der Waals surface area contributed by atoms with Crippen LogP contribution in [0.4, 0.5) is 4.79 Å². The molecule has 1 amide bonds. The Balaban J connectivity index is 1.67. The Hall–Kier alpha value is -0.730. The summed E-state index contributed by atoms with van der Waals surface area (Å²) < 4.78 is 5.14. The minimum absolute atomic E-state index is 0.0978. The standard InChI is InChI=1S/C9H15NO2/c11-9(10-5-1-2-6-10)12-7-8-3-4-8/h8H,1-7H2. The lowest BCUT2D eigenvalue weighted by Gasteiger charge is -2.14. The average molecular weight is 169 g/mol. The molecule has 0 unspecified atom stereocenters. The van der Waals surface area contributed by atoms with Crippen LogP contribution in [0.25, 0.3) is 0 Å². The zero-order valence-corrected chi connectivity index (χ0v) is 7.29. The Labute approximate surface area is 72.7 Å². The van der Waals surface area contributed by atoms with E-state index in [1.165, 1.54) is 12.8 Å². The third-order valence-electron chi connectivity index (χ3n) is 2.50. The van der Waals surface area contributed by atoms with E-state index in [4.69, 9.17) is 4.74 Å². The van der Waals surface area contributed by atoms with Crippen molar-refractivity contribution in [3.8, 4) is 0 Å². The van der Waals surface area contributed by atoms with Crippen molar-refractivity contribution in [3.63, 3.8) is 0 Å². The third kappa shape index (κ3) is 1.90. The van der Waals surface area contributed by atoms with E-state index >= 15 is 0 Å². The van der Waals surface area contributed by atoms with Crippen LogP contribution in [0.15, 0.2) is 0 Å². The number of rotatable bonds is 2. The molecule has 2 fully saturated rings. The van der Waals surface area contributed by atoms with Crippen LogP contribution in [0.2, 0.25) is 0 Å². The largest absolute Gasteiger partial charge is 0.449 e. The zero-order chi connectivity index (χ0) is 8.39. The van der Waals surface area contributed by atoms with Crippen molar-refractivity contribution >= 4 is 6.09 Å². The lowest BCUT2D eigenvalue weighted by Crippen LogP contribution is -2.28. The maximum atomic E-state index is 11.3. The molecule has 0 aromatic carbocycles. The van der Waals surface area contributed by atoms with Gasteiger partial charge >= 0.3 is 6.09 Å². The van der Waals surface area contributed by atoms with Gasteiger partial charge in [-0.1, -0.05) is 0 Å². The van der Waals surface area contributed by atoms with E-state index in [1.807, 2.05) is 4.90 Å². The second-order valence-corrected chi connectivity index (χ2v) is 3.71. The predicted octanol–water partition coefficient (Wildman–Crippen LogP) is 1.63. The van der Waals surface area contributed by atoms with Crippen molar-refractivity contribution in [1.82, 2.24) is 4.90 Å². The third-order valence-corrected chi connectivity index (χ3v) is 2.50. The number of amides is 1. The van der Waals surface area contributed by atoms with Crippen molar-refractivity contribution in [1.29, 1.82) is 0 Å². The highest BCUT2D eigenvalue weighted by molar-refractivity contribution is 5.67. The van der Waals surface area contributed by atoms with Crippen LogP contribution < -0.4 is 0 Å². The number of nitrogens with zero attached hydrogens (tertiary/aromatic N) is 1. The highest BCUT2D eigenvalue weighted by Gasteiger charge is 2.25. The second-order valence-electron chi connectivity index (χ2n) is 3.71. The quantitative estimate of drug-likeness (QED) is 0.628. The number of carbonyl (C=O) groups is 1. The van der Waals surface area contributed by atoms with E-state index in [-0.39, 0.29) is 6.09 Å². The Morgan fingerprint density at radius 2 is 2.00 bits per heavy atom. The molecule has 0 radical (unpaired) electrons. The smallest absolute Gasteiger partial charge is 0.409 e. The molecule has 0 aromatic heterocycles. The first-order valence-corrected chi connectivity index (χ1v) is 4.78. The molecule has 0 aromatic rings. The molecule has 0 atom stereocenters. The summed E-state index contributed by atoms with van der Waals surface area (Å²) in [5.74, 6) is 0.677. The van der Waals surface area contributed by atoms with Gasteiger partial charge in [0.15, 0.2) is 0 Å². The SMILES string of the molecule is O=C(OCC1CC1)N1CCCC1. The van der Waals surface area contributed by atoms with Gasteiger partial charge in [0.05, 0.1) is 6.61 Å². The molecule has 1 saturated carbocycles. The fraction of sp³-hybridized carbons (Fsp3) is 0.889. The Bertz CT molecular complexity index is 171. The van der Waals surface area contributed by atoms with Crippen molar-refractivity contribution in [2.75, 3.05) is 19.7 Å². The van der Waals surface area contributed by atoms with Crippen LogP contribution in [-0.4, -0.2) is 30.7 Å². The maximum Gasteiger partial charge on any atom is 0.409 e. The molecule has 3 heteroatoms. The Kier molecular flexibility index (Phi) is 2.19. The first-order valence-electron chi connectivity index (χ1n) is 4.78. The van der Waals surface area contributed by atoms with Gasteiger partial charge in [-0.2, -0.15) is 0 Å². The molecule has 1 aliphatic heterocycles. The van der Waals surface area contributed by atoms with Gasteiger partial charge < -0.3 is 9.64 Å². The van der Waals surface area contributed by atoms with Crippen LogP contribution in [0.5, 0.6) is 0 Å². The zero-order valence-electron chi connectivity index (χ0n) is 7.29. The van der Waals surface area contributed by atoms with E-state index in [2.05, 4.69) is 0 Å². The summed E-state index contributed by atoms with van der Waals surface area (Å²) >= 11 is 0. The molecule has 68 valence electrons. The van der Waals surface area contributed by atoms with Crippen LogP contribution in [0, 0.1) is 5.92 Å². The lowest BCUT2D eigenvalue weighted by molar-refractivity contribution is 0.106. The maximum absolute atomic E-state index is 11.3. The summed E-state index contributed by atoms with van der Waals surface area (Å²) in [5, 5.41) is 0. The average Bonchev–Trinajstić information content (AvgIpc) is 2.74. The van der Waals surface area contributed by atoms with Gasteiger partial charge in [0.2, 0.25) is 0 Å². The molecule has 1 saturated heterocycles. The monoisotopic (exact) mass is 169 g/mol. The molecule has 0 N–H and O–H groups in total. The number of hydrogen-bond donors (Lipinski definition) is 0. The molecule has 12 heavy (non-hydrogen) atoms. The van der Waals surface area contributed by atoms with Gasteiger partial charge in [0.1, 0.15) is 0 Å². The molecule has 1 heterocycles. The van der Waals surface area contributed by atoms with E-state index < -0.39 is 0 Å². The molecule has 2 rings (SSSR count). The predicted molar refractivity (Wildman–Crippen MR) is 44.9 cm³/mol. The van der Waals surface area contributed by atoms with Crippen LogP contribution in [0.1, 0.15) is 25.7 Å². The lowest BCUT2D eigenvalue weighted by atomic mass is 10.4. The first kappa shape index (κ1) is 7.90. The molecular weight excluding hydrogens is 154 g/mol. The van der Waals surface area contributed by atoms with Crippen molar-refractivity contribution < 1.29 is 9.53 Å². The summed E-state index contributed by atoms with van der Waals surface area (Å²) in [7, 11) is 0. The van der Waals surface area contributed by atoms with Crippen LogP contribution in [-0.2, 0) is 4.74 Å². The van der Waals surface area contributed by atoms with Gasteiger partial charge in [-0.25, -0.2) is 4.79 Å². The topological polar surface area (TPSA) is 29.5 Å². The highest BCUT2D eigenvalue weighted by Crippen LogP contribution is 2.29. The van der Waals surface area contributed by atoms with Gasteiger partial charge in [0, 0.05) is 13.1 Å².